The molecule has 9 heteroatoms. The number of rotatable bonds is 7. The number of hydrogen-bond acceptors (Lipinski definition) is 7. The quantitative estimate of drug-likeness (QED) is 0.506. The summed E-state index contributed by atoms with van der Waals surface area (Å²) in [4.78, 5) is 22.3. The number of nitrogens with one attached hydrogen (secondary N) is 1. The van der Waals surface area contributed by atoms with Crippen molar-refractivity contribution in [2.45, 2.75) is 6.42 Å². The first-order valence-corrected chi connectivity index (χ1v) is 8.46. The second-order valence-electron chi connectivity index (χ2n) is 5.23. The number of nitro groups is 1. The number of nitrogens with zero attached hydrogens (tertiary/aromatic N) is 3. The third kappa shape index (κ3) is 4.61. The number of nitro benzene ring substituents is 1. The van der Waals surface area contributed by atoms with Gasteiger partial charge in [-0.2, -0.15) is 0 Å². The van der Waals surface area contributed by atoms with E-state index < -0.39 is 10.8 Å². The first kappa shape index (κ1) is 17.5. The molecule has 0 fully saturated rings. The third-order valence-corrected chi connectivity index (χ3v) is 4.17. The zero-order valence-electron chi connectivity index (χ0n) is 13.5. The van der Waals surface area contributed by atoms with Crippen LogP contribution >= 0.6 is 11.3 Å². The average molecular weight is 370 g/mol. The molecule has 1 amide bonds. The van der Waals surface area contributed by atoms with Gasteiger partial charge in [-0.15, -0.1) is 10.2 Å². The van der Waals surface area contributed by atoms with Gasteiger partial charge in [0.1, 0.15) is 5.01 Å². The summed E-state index contributed by atoms with van der Waals surface area (Å²) in [6, 6.07) is 15.7. The van der Waals surface area contributed by atoms with Crippen LogP contribution in [0.15, 0.2) is 54.6 Å². The molecule has 0 aliphatic rings. The summed E-state index contributed by atoms with van der Waals surface area (Å²) in [6.07, 6.45) is 0.626. The van der Waals surface area contributed by atoms with E-state index in [4.69, 9.17) is 4.74 Å². The normalized spacial score (nSPS) is 10.3. The van der Waals surface area contributed by atoms with Crippen LogP contribution in [0.4, 0.5) is 10.8 Å². The van der Waals surface area contributed by atoms with Crippen molar-refractivity contribution < 1.29 is 14.5 Å². The van der Waals surface area contributed by atoms with Crippen LogP contribution in [0, 0.1) is 10.1 Å². The molecule has 0 radical (unpaired) electrons. The van der Waals surface area contributed by atoms with Crippen molar-refractivity contribution in [3.05, 3.63) is 75.3 Å². The van der Waals surface area contributed by atoms with E-state index in [1.807, 2.05) is 30.3 Å². The summed E-state index contributed by atoms with van der Waals surface area (Å²) in [5.74, 6) is -0.430. The highest BCUT2D eigenvalue weighted by Crippen LogP contribution is 2.25. The third-order valence-electron chi connectivity index (χ3n) is 3.33. The Kier molecular flexibility index (Phi) is 5.49. The topological polar surface area (TPSA) is 107 Å². The van der Waals surface area contributed by atoms with Crippen LogP contribution in [0.2, 0.25) is 0 Å². The van der Waals surface area contributed by atoms with Crippen molar-refractivity contribution in [2.75, 3.05) is 11.9 Å². The van der Waals surface area contributed by atoms with Crippen molar-refractivity contribution in [1.82, 2.24) is 10.2 Å². The van der Waals surface area contributed by atoms with Gasteiger partial charge < -0.3 is 4.74 Å². The zero-order chi connectivity index (χ0) is 18.4. The molecule has 0 spiro atoms. The molecule has 0 saturated carbocycles. The van der Waals surface area contributed by atoms with E-state index in [1.165, 1.54) is 29.5 Å². The highest BCUT2D eigenvalue weighted by molar-refractivity contribution is 7.15. The summed E-state index contributed by atoms with van der Waals surface area (Å²) in [5, 5.41) is 22.6. The number of amides is 1. The number of anilines is 1. The van der Waals surface area contributed by atoms with Gasteiger partial charge in [-0.1, -0.05) is 53.8 Å². The Morgan fingerprint density at radius 3 is 2.62 bits per heavy atom. The lowest BCUT2D eigenvalue weighted by Crippen LogP contribution is -2.20. The molecule has 8 nitrogen and oxygen atoms in total. The highest BCUT2D eigenvalue weighted by Gasteiger charge is 2.15. The maximum absolute atomic E-state index is 12.0. The average Bonchev–Trinajstić information content (AvgIpc) is 3.07. The van der Waals surface area contributed by atoms with E-state index in [2.05, 4.69) is 15.5 Å². The van der Waals surface area contributed by atoms with Crippen molar-refractivity contribution in [2.24, 2.45) is 0 Å². The lowest BCUT2D eigenvalue weighted by atomic mass is 10.2. The van der Waals surface area contributed by atoms with E-state index in [-0.39, 0.29) is 18.0 Å². The molecular weight excluding hydrogens is 356 g/mol. The van der Waals surface area contributed by atoms with Gasteiger partial charge in [0.2, 0.25) is 5.13 Å². The molecule has 132 valence electrons. The number of ether oxygens (including phenoxy) is 1. The first-order chi connectivity index (χ1) is 12.6. The lowest BCUT2D eigenvalue weighted by molar-refractivity contribution is -0.385. The van der Waals surface area contributed by atoms with Crippen LogP contribution in [-0.4, -0.2) is 27.6 Å². The SMILES string of the molecule is O=C(COc1ccccc1[N+](=O)[O-])Nc1nnc(Cc2ccccc2)s1. The Balaban J connectivity index is 1.55. The molecule has 2 aromatic carbocycles. The van der Waals surface area contributed by atoms with Gasteiger partial charge in [-0.25, -0.2) is 0 Å². The Hall–Kier alpha value is -3.33. The largest absolute Gasteiger partial charge is 0.477 e. The van der Waals surface area contributed by atoms with E-state index in [1.54, 1.807) is 6.07 Å². The molecular formula is C17H14N4O4S. The van der Waals surface area contributed by atoms with E-state index >= 15 is 0 Å². The highest BCUT2D eigenvalue weighted by atomic mass is 32.1. The number of carbonyl (C=O) groups excluding carboxylic acids is 1. The van der Waals surface area contributed by atoms with Gasteiger partial charge >= 0.3 is 5.69 Å². The predicted octanol–water partition coefficient (Wildman–Crippen LogP) is 3.05. The second-order valence-corrected chi connectivity index (χ2v) is 6.29. The van der Waals surface area contributed by atoms with E-state index in [0.717, 1.165) is 10.6 Å². The Bertz CT molecular complexity index is 914. The van der Waals surface area contributed by atoms with Crippen LogP contribution in [0.5, 0.6) is 5.75 Å². The molecule has 0 saturated heterocycles. The number of para-hydroxylation sites is 2. The first-order valence-electron chi connectivity index (χ1n) is 7.64. The second kappa shape index (κ2) is 8.17. The maximum atomic E-state index is 12.0. The number of hydrogen-bond donors (Lipinski definition) is 1. The molecule has 0 atom stereocenters. The summed E-state index contributed by atoms with van der Waals surface area (Å²) < 4.78 is 5.24. The fraction of sp³-hybridized carbons (Fsp3) is 0.118. The molecule has 3 aromatic rings. The monoisotopic (exact) mass is 370 g/mol. The fourth-order valence-electron chi connectivity index (χ4n) is 2.17. The van der Waals surface area contributed by atoms with Crippen LogP contribution in [0.1, 0.15) is 10.6 Å². The minimum Gasteiger partial charge on any atom is -0.477 e. The van der Waals surface area contributed by atoms with Crippen molar-refractivity contribution in [3.8, 4) is 5.75 Å². The molecule has 0 unspecified atom stereocenters. The smallest absolute Gasteiger partial charge is 0.310 e. The van der Waals surface area contributed by atoms with Crippen LogP contribution < -0.4 is 10.1 Å². The van der Waals surface area contributed by atoms with Crippen molar-refractivity contribution in [3.63, 3.8) is 0 Å². The molecule has 3 rings (SSSR count). The van der Waals surface area contributed by atoms with E-state index in [0.29, 0.717) is 11.6 Å². The molecule has 0 aliphatic heterocycles. The Labute approximate surface area is 152 Å². The van der Waals surface area contributed by atoms with Crippen molar-refractivity contribution >= 4 is 28.1 Å². The van der Waals surface area contributed by atoms with Crippen LogP contribution in [0.3, 0.4) is 0 Å². The van der Waals surface area contributed by atoms with Gasteiger partial charge in [0.25, 0.3) is 5.91 Å². The number of aromatic nitrogens is 2. The van der Waals surface area contributed by atoms with Crippen molar-refractivity contribution in [1.29, 1.82) is 0 Å². The molecule has 1 aromatic heterocycles. The van der Waals surface area contributed by atoms with Gasteiger partial charge in [0.15, 0.2) is 12.4 Å². The maximum Gasteiger partial charge on any atom is 0.310 e. The lowest BCUT2D eigenvalue weighted by Gasteiger charge is -2.05. The number of benzene rings is 2. The summed E-state index contributed by atoms with van der Waals surface area (Å²) in [7, 11) is 0. The predicted molar refractivity (Wildman–Crippen MR) is 96.4 cm³/mol. The van der Waals surface area contributed by atoms with E-state index in [9.17, 15) is 14.9 Å². The van der Waals surface area contributed by atoms with Crippen LogP contribution in [0.25, 0.3) is 0 Å². The summed E-state index contributed by atoms with van der Waals surface area (Å²) in [6.45, 7) is -0.363. The van der Waals surface area contributed by atoms with Gasteiger partial charge in [-0.3, -0.25) is 20.2 Å². The summed E-state index contributed by atoms with van der Waals surface area (Å²) >= 11 is 1.27. The molecule has 1 N–H and O–H groups in total. The standard InChI is InChI=1S/C17H14N4O4S/c22-15(11-25-14-9-5-4-8-13(14)21(23)24)18-17-20-19-16(26-17)10-12-6-2-1-3-7-12/h1-9H,10-11H2,(H,18,20,22). The Morgan fingerprint density at radius 1 is 1.12 bits per heavy atom. The molecule has 0 aliphatic carbocycles. The fourth-order valence-corrected chi connectivity index (χ4v) is 2.96. The molecule has 26 heavy (non-hydrogen) atoms. The zero-order valence-corrected chi connectivity index (χ0v) is 14.3. The molecule has 1 heterocycles. The minimum absolute atomic E-state index is 0.0367. The van der Waals surface area contributed by atoms with Gasteiger partial charge in [0, 0.05) is 12.5 Å². The summed E-state index contributed by atoms with van der Waals surface area (Å²) in [5.41, 5.74) is 0.905. The number of carbonyl (C=O) groups is 1. The minimum atomic E-state index is -0.562. The van der Waals surface area contributed by atoms with Gasteiger partial charge in [0.05, 0.1) is 4.92 Å². The Morgan fingerprint density at radius 2 is 1.85 bits per heavy atom. The van der Waals surface area contributed by atoms with Gasteiger partial charge in [-0.05, 0) is 11.6 Å². The van der Waals surface area contributed by atoms with Crippen LogP contribution in [-0.2, 0) is 11.2 Å². The molecule has 0 bridgehead atoms.